The van der Waals surface area contributed by atoms with Crippen LogP contribution in [0.4, 0.5) is 0 Å². The first-order valence-electron chi connectivity index (χ1n) is 5.73. The second kappa shape index (κ2) is 4.67. The van der Waals surface area contributed by atoms with E-state index in [9.17, 15) is 0 Å². The molecule has 82 valence electrons. The van der Waals surface area contributed by atoms with Crippen molar-refractivity contribution >= 4 is 0 Å². The molecular weight excluding hydrogens is 186 g/mol. The Morgan fingerprint density at radius 1 is 1.07 bits per heavy atom. The second-order valence-corrected chi connectivity index (χ2v) is 4.47. The van der Waals surface area contributed by atoms with Crippen molar-refractivity contribution in [1.29, 1.82) is 0 Å². The molecule has 1 aromatic rings. The highest BCUT2D eigenvalue weighted by Crippen LogP contribution is 2.22. The van der Waals surface area contributed by atoms with Gasteiger partial charge in [0.05, 0.1) is 6.10 Å². The van der Waals surface area contributed by atoms with Crippen LogP contribution in [0, 0.1) is 6.92 Å². The molecule has 0 unspecified atom stereocenters. The van der Waals surface area contributed by atoms with E-state index in [1.54, 1.807) is 0 Å². The van der Waals surface area contributed by atoms with Gasteiger partial charge in [0.1, 0.15) is 5.75 Å². The maximum atomic E-state index is 5.90. The molecule has 2 heteroatoms. The van der Waals surface area contributed by atoms with Crippen molar-refractivity contribution in [2.75, 3.05) is 0 Å². The largest absolute Gasteiger partial charge is 0.490 e. The molecule has 0 heterocycles. The molecule has 0 radical (unpaired) electrons. The predicted octanol–water partition coefficient (Wildman–Crippen LogP) is 2.64. The van der Waals surface area contributed by atoms with Crippen molar-refractivity contribution in [2.45, 2.75) is 44.8 Å². The molecule has 1 fully saturated rings. The molecule has 1 aliphatic rings. The zero-order chi connectivity index (χ0) is 10.7. The molecule has 0 amide bonds. The molecule has 2 rings (SSSR count). The Morgan fingerprint density at radius 3 is 2.27 bits per heavy atom. The third kappa shape index (κ3) is 2.96. The van der Waals surface area contributed by atoms with Gasteiger partial charge in [-0.05, 0) is 44.7 Å². The molecule has 2 nitrogen and oxygen atoms in total. The van der Waals surface area contributed by atoms with Crippen LogP contribution in [0.15, 0.2) is 24.3 Å². The molecule has 0 aliphatic heterocycles. The number of rotatable bonds is 2. The van der Waals surface area contributed by atoms with Gasteiger partial charge in [-0.2, -0.15) is 0 Å². The van der Waals surface area contributed by atoms with Crippen LogP contribution in [0.2, 0.25) is 0 Å². The van der Waals surface area contributed by atoms with Crippen LogP contribution < -0.4 is 10.5 Å². The lowest BCUT2D eigenvalue weighted by Crippen LogP contribution is -2.31. The van der Waals surface area contributed by atoms with E-state index in [0.29, 0.717) is 12.1 Å². The number of aryl methyl sites for hydroxylation is 1. The maximum absolute atomic E-state index is 5.90. The van der Waals surface area contributed by atoms with Gasteiger partial charge < -0.3 is 10.5 Å². The Bertz CT molecular complexity index is 299. The standard InChI is InChI=1S/C13H19NO/c1-10-2-6-12(7-3-10)15-13-8-4-11(14)5-9-13/h2-3,6-7,11,13H,4-5,8-9,14H2,1H3/t11-,13-. The minimum Gasteiger partial charge on any atom is -0.490 e. The molecule has 15 heavy (non-hydrogen) atoms. The Morgan fingerprint density at radius 2 is 1.67 bits per heavy atom. The van der Waals surface area contributed by atoms with Crippen LogP contribution in [0.3, 0.4) is 0 Å². The van der Waals surface area contributed by atoms with Gasteiger partial charge in [-0.25, -0.2) is 0 Å². The minimum absolute atomic E-state index is 0.368. The van der Waals surface area contributed by atoms with Crippen molar-refractivity contribution in [1.82, 2.24) is 0 Å². The van der Waals surface area contributed by atoms with Gasteiger partial charge in [0.15, 0.2) is 0 Å². The van der Waals surface area contributed by atoms with E-state index in [1.807, 2.05) is 12.1 Å². The Kier molecular flexibility index (Phi) is 3.27. The van der Waals surface area contributed by atoms with E-state index in [4.69, 9.17) is 10.5 Å². The number of ether oxygens (including phenoxy) is 1. The molecular formula is C13H19NO. The zero-order valence-corrected chi connectivity index (χ0v) is 9.28. The molecule has 2 N–H and O–H groups in total. The topological polar surface area (TPSA) is 35.2 Å². The lowest BCUT2D eigenvalue weighted by atomic mass is 9.94. The molecule has 0 aromatic heterocycles. The van der Waals surface area contributed by atoms with Gasteiger partial charge >= 0.3 is 0 Å². The normalized spacial score (nSPS) is 26.3. The van der Waals surface area contributed by atoms with Crippen molar-refractivity contribution in [3.8, 4) is 5.75 Å². The van der Waals surface area contributed by atoms with E-state index in [0.717, 1.165) is 31.4 Å². The maximum Gasteiger partial charge on any atom is 0.119 e. The minimum atomic E-state index is 0.368. The third-order valence-electron chi connectivity index (χ3n) is 3.04. The lowest BCUT2D eigenvalue weighted by Gasteiger charge is -2.26. The fraction of sp³-hybridized carbons (Fsp3) is 0.538. The SMILES string of the molecule is Cc1ccc(O[C@H]2CC[C@H](N)CC2)cc1. The smallest absolute Gasteiger partial charge is 0.119 e. The Hall–Kier alpha value is -1.02. The van der Waals surface area contributed by atoms with Crippen molar-refractivity contribution in [2.24, 2.45) is 5.73 Å². The van der Waals surface area contributed by atoms with Crippen molar-refractivity contribution < 1.29 is 4.74 Å². The van der Waals surface area contributed by atoms with Crippen LogP contribution in [-0.2, 0) is 0 Å². The summed E-state index contributed by atoms with van der Waals surface area (Å²) in [5.41, 5.74) is 7.13. The number of benzene rings is 1. The van der Waals surface area contributed by atoms with Gasteiger partial charge in [0.2, 0.25) is 0 Å². The second-order valence-electron chi connectivity index (χ2n) is 4.47. The van der Waals surface area contributed by atoms with Gasteiger partial charge in [0.25, 0.3) is 0 Å². The van der Waals surface area contributed by atoms with E-state index >= 15 is 0 Å². The first-order chi connectivity index (χ1) is 7.24. The molecule has 1 aliphatic carbocycles. The van der Waals surface area contributed by atoms with E-state index in [-0.39, 0.29) is 0 Å². The van der Waals surface area contributed by atoms with E-state index in [1.165, 1.54) is 5.56 Å². The summed E-state index contributed by atoms with van der Waals surface area (Å²) in [7, 11) is 0. The first-order valence-corrected chi connectivity index (χ1v) is 5.73. The van der Waals surface area contributed by atoms with Gasteiger partial charge in [-0.15, -0.1) is 0 Å². The summed E-state index contributed by atoms with van der Waals surface area (Å²) in [5.74, 6) is 0.987. The summed E-state index contributed by atoms with van der Waals surface area (Å²) in [4.78, 5) is 0. The molecule has 0 atom stereocenters. The quantitative estimate of drug-likeness (QED) is 0.805. The fourth-order valence-electron chi connectivity index (χ4n) is 2.02. The van der Waals surface area contributed by atoms with Crippen molar-refractivity contribution in [3.05, 3.63) is 29.8 Å². The Balaban J connectivity index is 1.89. The summed E-state index contributed by atoms with van der Waals surface area (Å²) in [6.45, 7) is 2.09. The number of hydrogen-bond donors (Lipinski definition) is 1. The summed E-state index contributed by atoms with van der Waals surface area (Å²) in [5, 5.41) is 0. The molecule has 0 spiro atoms. The average Bonchev–Trinajstić information content (AvgIpc) is 2.25. The third-order valence-corrected chi connectivity index (χ3v) is 3.04. The van der Waals surface area contributed by atoms with Gasteiger partial charge in [0, 0.05) is 6.04 Å². The van der Waals surface area contributed by atoms with E-state index in [2.05, 4.69) is 19.1 Å². The van der Waals surface area contributed by atoms with Crippen LogP contribution in [-0.4, -0.2) is 12.1 Å². The summed E-state index contributed by atoms with van der Waals surface area (Å²) >= 11 is 0. The van der Waals surface area contributed by atoms with Crippen LogP contribution in [0.5, 0.6) is 5.75 Å². The number of hydrogen-bond acceptors (Lipinski definition) is 2. The Labute approximate surface area is 91.4 Å². The fourth-order valence-corrected chi connectivity index (χ4v) is 2.02. The van der Waals surface area contributed by atoms with E-state index < -0.39 is 0 Å². The zero-order valence-electron chi connectivity index (χ0n) is 9.28. The average molecular weight is 205 g/mol. The van der Waals surface area contributed by atoms with Crippen LogP contribution in [0.1, 0.15) is 31.2 Å². The molecule has 1 saturated carbocycles. The summed E-state index contributed by atoms with van der Waals surface area (Å²) < 4.78 is 5.90. The molecule has 1 aromatic carbocycles. The van der Waals surface area contributed by atoms with Gasteiger partial charge in [-0.1, -0.05) is 17.7 Å². The lowest BCUT2D eigenvalue weighted by molar-refractivity contribution is 0.147. The monoisotopic (exact) mass is 205 g/mol. The highest BCUT2D eigenvalue weighted by molar-refractivity contribution is 5.26. The predicted molar refractivity (Wildman–Crippen MR) is 62.0 cm³/mol. The highest BCUT2D eigenvalue weighted by Gasteiger charge is 2.19. The first kappa shape index (κ1) is 10.5. The number of nitrogens with two attached hydrogens (primary N) is 1. The molecule has 0 bridgehead atoms. The van der Waals surface area contributed by atoms with Gasteiger partial charge in [-0.3, -0.25) is 0 Å². The molecule has 0 saturated heterocycles. The van der Waals surface area contributed by atoms with Crippen LogP contribution >= 0.6 is 0 Å². The summed E-state index contributed by atoms with van der Waals surface area (Å²) in [6.07, 6.45) is 4.74. The van der Waals surface area contributed by atoms with Crippen LogP contribution in [0.25, 0.3) is 0 Å². The van der Waals surface area contributed by atoms with Crippen molar-refractivity contribution in [3.63, 3.8) is 0 Å². The summed E-state index contributed by atoms with van der Waals surface area (Å²) in [6, 6.07) is 8.66. The highest BCUT2D eigenvalue weighted by atomic mass is 16.5.